The summed E-state index contributed by atoms with van der Waals surface area (Å²) in [6, 6.07) is 3.70. The topological polar surface area (TPSA) is 67.1 Å². The number of nitrogens with two attached hydrogens (primary N) is 1. The standard InChI is InChI=1S/C13H16F3N3O/c14-13(15,16)8-4-6-9(7-5-8)18-12(20)19-11-3-1-2-10(11)17/h4-7,10-11H,1-3,17H2,(H2,18,19,20). The second-order valence-corrected chi connectivity index (χ2v) is 4.87. The maximum atomic E-state index is 12.4. The van der Waals surface area contributed by atoms with E-state index in [0.717, 1.165) is 31.4 Å². The SMILES string of the molecule is NC1CCCC1NC(=O)Nc1ccc(C(F)(F)F)cc1. The van der Waals surface area contributed by atoms with E-state index in [-0.39, 0.29) is 12.1 Å². The van der Waals surface area contributed by atoms with Gasteiger partial charge in [-0.3, -0.25) is 0 Å². The number of hydrogen-bond acceptors (Lipinski definition) is 2. The van der Waals surface area contributed by atoms with E-state index in [1.165, 1.54) is 12.1 Å². The van der Waals surface area contributed by atoms with Gasteiger partial charge in [0.1, 0.15) is 0 Å². The summed E-state index contributed by atoms with van der Waals surface area (Å²) < 4.78 is 37.1. The van der Waals surface area contributed by atoms with E-state index < -0.39 is 17.8 Å². The van der Waals surface area contributed by atoms with E-state index in [0.29, 0.717) is 5.69 Å². The molecule has 1 aromatic rings. The maximum Gasteiger partial charge on any atom is 0.416 e. The Bertz CT molecular complexity index is 473. The fourth-order valence-corrected chi connectivity index (χ4v) is 2.25. The number of benzene rings is 1. The molecule has 0 radical (unpaired) electrons. The van der Waals surface area contributed by atoms with Crippen molar-refractivity contribution in [3.63, 3.8) is 0 Å². The van der Waals surface area contributed by atoms with Crippen molar-refractivity contribution in [2.24, 2.45) is 5.73 Å². The fourth-order valence-electron chi connectivity index (χ4n) is 2.25. The van der Waals surface area contributed by atoms with Crippen molar-refractivity contribution in [3.05, 3.63) is 29.8 Å². The molecule has 0 heterocycles. The Morgan fingerprint density at radius 3 is 2.35 bits per heavy atom. The lowest BCUT2D eigenvalue weighted by Crippen LogP contribution is -2.45. The molecule has 1 aliphatic rings. The van der Waals surface area contributed by atoms with Gasteiger partial charge in [0.15, 0.2) is 0 Å². The molecule has 0 spiro atoms. The number of carbonyl (C=O) groups is 1. The normalized spacial score (nSPS) is 22.6. The first-order valence-corrected chi connectivity index (χ1v) is 6.36. The van der Waals surface area contributed by atoms with Crippen LogP contribution in [0.25, 0.3) is 0 Å². The molecule has 1 aromatic carbocycles. The van der Waals surface area contributed by atoms with Crippen molar-refractivity contribution in [3.8, 4) is 0 Å². The summed E-state index contributed by atoms with van der Waals surface area (Å²) in [5.41, 5.74) is 5.38. The highest BCUT2D eigenvalue weighted by molar-refractivity contribution is 5.89. The third-order valence-corrected chi connectivity index (χ3v) is 3.36. The van der Waals surface area contributed by atoms with Gasteiger partial charge in [0.25, 0.3) is 0 Å². The van der Waals surface area contributed by atoms with Crippen LogP contribution >= 0.6 is 0 Å². The molecule has 20 heavy (non-hydrogen) atoms. The van der Waals surface area contributed by atoms with Crippen LogP contribution in [0.2, 0.25) is 0 Å². The molecule has 2 atom stereocenters. The van der Waals surface area contributed by atoms with E-state index in [4.69, 9.17) is 5.73 Å². The molecule has 110 valence electrons. The van der Waals surface area contributed by atoms with Crippen LogP contribution < -0.4 is 16.4 Å². The number of alkyl halides is 3. The van der Waals surface area contributed by atoms with Gasteiger partial charge in [-0.2, -0.15) is 13.2 Å². The number of hydrogen-bond donors (Lipinski definition) is 3. The number of rotatable bonds is 2. The second-order valence-electron chi connectivity index (χ2n) is 4.87. The van der Waals surface area contributed by atoms with Crippen molar-refractivity contribution in [2.75, 3.05) is 5.32 Å². The number of amides is 2. The first-order chi connectivity index (χ1) is 9.36. The van der Waals surface area contributed by atoms with Gasteiger partial charge in [0.2, 0.25) is 0 Å². The fraction of sp³-hybridized carbons (Fsp3) is 0.462. The molecular formula is C13H16F3N3O. The molecule has 1 fully saturated rings. The minimum atomic E-state index is -4.38. The van der Waals surface area contributed by atoms with Crippen molar-refractivity contribution in [1.29, 1.82) is 0 Å². The Morgan fingerprint density at radius 1 is 1.20 bits per heavy atom. The van der Waals surface area contributed by atoms with E-state index >= 15 is 0 Å². The maximum absolute atomic E-state index is 12.4. The lowest BCUT2D eigenvalue weighted by atomic mass is 10.2. The van der Waals surface area contributed by atoms with Gasteiger partial charge in [-0.15, -0.1) is 0 Å². The van der Waals surface area contributed by atoms with Crippen LogP contribution in [0.3, 0.4) is 0 Å². The zero-order chi connectivity index (χ0) is 14.8. The molecule has 0 saturated heterocycles. The van der Waals surface area contributed by atoms with Gasteiger partial charge in [-0.1, -0.05) is 0 Å². The molecule has 2 amide bonds. The Labute approximate surface area is 114 Å². The average Bonchev–Trinajstić information content (AvgIpc) is 2.74. The van der Waals surface area contributed by atoms with Crippen molar-refractivity contribution in [1.82, 2.24) is 5.32 Å². The van der Waals surface area contributed by atoms with Crippen LogP contribution in [0.4, 0.5) is 23.7 Å². The molecule has 4 N–H and O–H groups in total. The van der Waals surface area contributed by atoms with E-state index in [1.807, 2.05) is 0 Å². The molecule has 1 aliphatic carbocycles. The quantitative estimate of drug-likeness (QED) is 0.783. The summed E-state index contributed by atoms with van der Waals surface area (Å²) in [4.78, 5) is 11.7. The molecule has 2 unspecified atom stereocenters. The van der Waals surface area contributed by atoms with Gasteiger partial charge in [-0.05, 0) is 43.5 Å². The van der Waals surface area contributed by atoms with E-state index in [9.17, 15) is 18.0 Å². The van der Waals surface area contributed by atoms with Gasteiger partial charge in [0, 0.05) is 17.8 Å². The third-order valence-electron chi connectivity index (χ3n) is 3.36. The summed E-state index contributed by atoms with van der Waals surface area (Å²) in [5.74, 6) is 0. The molecule has 0 aromatic heterocycles. The molecule has 4 nitrogen and oxygen atoms in total. The van der Waals surface area contributed by atoms with Crippen LogP contribution in [0, 0.1) is 0 Å². The number of halogens is 3. The highest BCUT2D eigenvalue weighted by Gasteiger charge is 2.30. The predicted molar refractivity (Wildman–Crippen MR) is 69.2 cm³/mol. The Hall–Kier alpha value is -1.76. The van der Waals surface area contributed by atoms with Crippen molar-refractivity contribution < 1.29 is 18.0 Å². The third kappa shape index (κ3) is 3.63. The zero-order valence-corrected chi connectivity index (χ0v) is 10.7. The predicted octanol–water partition coefficient (Wildman–Crippen LogP) is 2.71. The monoisotopic (exact) mass is 287 g/mol. The Morgan fingerprint density at radius 2 is 1.85 bits per heavy atom. The summed E-state index contributed by atoms with van der Waals surface area (Å²) in [6.07, 6.45) is -1.73. The molecule has 1 saturated carbocycles. The first-order valence-electron chi connectivity index (χ1n) is 6.36. The van der Waals surface area contributed by atoms with E-state index in [2.05, 4.69) is 10.6 Å². The summed E-state index contributed by atoms with van der Waals surface area (Å²) in [7, 11) is 0. The highest BCUT2D eigenvalue weighted by atomic mass is 19.4. The molecule has 0 bridgehead atoms. The Balaban J connectivity index is 1.91. The lowest BCUT2D eigenvalue weighted by molar-refractivity contribution is -0.137. The van der Waals surface area contributed by atoms with Gasteiger partial charge in [-0.25, -0.2) is 4.79 Å². The molecule has 0 aliphatic heterocycles. The van der Waals surface area contributed by atoms with Gasteiger partial charge in [0.05, 0.1) is 5.56 Å². The number of urea groups is 1. The zero-order valence-electron chi connectivity index (χ0n) is 10.7. The largest absolute Gasteiger partial charge is 0.416 e. The Kier molecular flexibility index (Phi) is 4.17. The minimum absolute atomic E-state index is 0.0617. The highest BCUT2D eigenvalue weighted by Crippen LogP contribution is 2.29. The summed E-state index contributed by atoms with van der Waals surface area (Å²) in [5, 5.41) is 5.22. The summed E-state index contributed by atoms with van der Waals surface area (Å²) >= 11 is 0. The van der Waals surface area contributed by atoms with Crippen LogP contribution in [0.1, 0.15) is 24.8 Å². The number of nitrogens with one attached hydrogen (secondary N) is 2. The first kappa shape index (κ1) is 14.6. The minimum Gasteiger partial charge on any atom is -0.334 e. The van der Waals surface area contributed by atoms with Crippen molar-refractivity contribution >= 4 is 11.7 Å². The smallest absolute Gasteiger partial charge is 0.334 e. The van der Waals surface area contributed by atoms with E-state index in [1.54, 1.807) is 0 Å². The lowest BCUT2D eigenvalue weighted by Gasteiger charge is -2.17. The molecule has 7 heteroatoms. The molecule has 2 rings (SSSR count). The van der Waals surface area contributed by atoms with Crippen LogP contribution in [0.15, 0.2) is 24.3 Å². The van der Waals surface area contributed by atoms with Gasteiger partial charge < -0.3 is 16.4 Å². The number of carbonyl (C=O) groups excluding carboxylic acids is 1. The van der Waals surface area contributed by atoms with Gasteiger partial charge >= 0.3 is 12.2 Å². The number of anilines is 1. The second kappa shape index (κ2) is 5.70. The van der Waals surface area contributed by atoms with Crippen LogP contribution in [-0.2, 0) is 6.18 Å². The van der Waals surface area contributed by atoms with Crippen LogP contribution in [0.5, 0.6) is 0 Å². The van der Waals surface area contributed by atoms with Crippen LogP contribution in [-0.4, -0.2) is 18.1 Å². The summed E-state index contributed by atoms with van der Waals surface area (Å²) in [6.45, 7) is 0. The average molecular weight is 287 g/mol. The van der Waals surface area contributed by atoms with Crippen molar-refractivity contribution in [2.45, 2.75) is 37.5 Å². The molecular weight excluding hydrogens is 271 g/mol.